The van der Waals surface area contributed by atoms with Crippen LogP contribution in [0.1, 0.15) is 33.6 Å². The molecule has 0 fully saturated rings. The number of carboxylic acid groups (broad SMARTS) is 1. The zero-order chi connectivity index (χ0) is 12.0. The Bertz CT molecular complexity index is 217. The molecule has 15 heavy (non-hydrogen) atoms. The minimum Gasteiger partial charge on any atom is -0.481 e. The van der Waals surface area contributed by atoms with Crippen molar-refractivity contribution in [3.63, 3.8) is 0 Å². The van der Waals surface area contributed by atoms with E-state index in [2.05, 4.69) is 0 Å². The van der Waals surface area contributed by atoms with Crippen LogP contribution in [0.3, 0.4) is 0 Å². The SMILES string of the molecule is CCC([C@H](CC(C)C)C(=O)O)N(O)C=O. The van der Waals surface area contributed by atoms with Crippen molar-refractivity contribution in [3.05, 3.63) is 0 Å². The number of amides is 1. The molecule has 0 bridgehead atoms. The second-order valence-corrected chi connectivity index (χ2v) is 4.04. The van der Waals surface area contributed by atoms with E-state index < -0.39 is 17.9 Å². The maximum atomic E-state index is 11.0. The fourth-order valence-corrected chi connectivity index (χ4v) is 1.66. The van der Waals surface area contributed by atoms with Crippen LogP contribution in [0.4, 0.5) is 0 Å². The number of hydrogen-bond acceptors (Lipinski definition) is 3. The van der Waals surface area contributed by atoms with Crippen molar-refractivity contribution in [3.8, 4) is 0 Å². The van der Waals surface area contributed by atoms with Crippen molar-refractivity contribution in [1.82, 2.24) is 5.06 Å². The van der Waals surface area contributed by atoms with E-state index >= 15 is 0 Å². The molecule has 0 heterocycles. The molecule has 2 N–H and O–H groups in total. The van der Waals surface area contributed by atoms with Crippen molar-refractivity contribution in [2.75, 3.05) is 0 Å². The number of hydrogen-bond donors (Lipinski definition) is 2. The van der Waals surface area contributed by atoms with Crippen LogP contribution in [-0.4, -0.2) is 33.8 Å². The average molecular weight is 217 g/mol. The van der Waals surface area contributed by atoms with Gasteiger partial charge in [0.2, 0.25) is 6.41 Å². The maximum Gasteiger partial charge on any atom is 0.308 e. The molecule has 1 amide bonds. The van der Waals surface area contributed by atoms with E-state index in [9.17, 15) is 14.8 Å². The van der Waals surface area contributed by atoms with E-state index in [0.29, 0.717) is 17.9 Å². The van der Waals surface area contributed by atoms with Gasteiger partial charge in [0.1, 0.15) is 0 Å². The highest BCUT2D eigenvalue weighted by molar-refractivity contribution is 5.71. The standard InChI is InChI=1S/C10H19NO4/c1-4-9(11(15)6-12)8(10(13)14)5-7(2)3/h6-9,15H,4-5H2,1-3H3,(H,13,14)/t8-,9?/m0/s1. The Morgan fingerprint density at radius 2 is 2.00 bits per heavy atom. The third-order valence-corrected chi connectivity index (χ3v) is 2.37. The molecule has 5 nitrogen and oxygen atoms in total. The Labute approximate surface area is 89.6 Å². The second kappa shape index (κ2) is 6.40. The highest BCUT2D eigenvalue weighted by atomic mass is 16.5. The van der Waals surface area contributed by atoms with E-state index in [4.69, 9.17) is 5.11 Å². The Balaban J connectivity index is 4.69. The first-order valence-electron chi connectivity index (χ1n) is 5.09. The van der Waals surface area contributed by atoms with Gasteiger partial charge in [-0.2, -0.15) is 0 Å². The van der Waals surface area contributed by atoms with E-state index in [1.807, 2.05) is 13.8 Å². The molecule has 0 aliphatic rings. The quantitative estimate of drug-likeness (QED) is 0.383. The number of hydroxylamine groups is 2. The van der Waals surface area contributed by atoms with Gasteiger partial charge < -0.3 is 5.11 Å². The highest BCUT2D eigenvalue weighted by Gasteiger charge is 2.31. The summed E-state index contributed by atoms with van der Waals surface area (Å²) in [4.78, 5) is 21.4. The van der Waals surface area contributed by atoms with Crippen molar-refractivity contribution in [2.45, 2.75) is 39.7 Å². The van der Waals surface area contributed by atoms with Crippen LogP contribution < -0.4 is 0 Å². The summed E-state index contributed by atoms with van der Waals surface area (Å²) in [6.07, 6.45) is 1.11. The second-order valence-electron chi connectivity index (χ2n) is 4.04. The highest BCUT2D eigenvalue weighted by Crippen LogP contribution is 2.21. The van der Waals surface area contributed by atoms with Crippen LogP contribution in [0.15, 0.2) is 0 Å². The zero-order valence-electron chi connectivity index (χ0n) is 9.38. The molecule has 0 aromatic carbocycles. The Morgan fingerprint density at radius 3 is 2.27 bits per heavy atom. The molecule has 5 heteroatoms. The van der Waals surface area contributed by atoms with Gasteiger partial charge >= 0.3 is 5.97 Å². The van der Waals surface area contributed by atoms with E-state index in [1.165, 1.54) is 0 Å². The summed E-state index contributed by atoms with van der Waals surface area (Å²) in [5, 5.41) is 18.7. The van der Waals surface area contributed by atoms with Gasteiger partial charge in [-0.25, -0.2) is 5.06 Å². The Hall–Kier alpha value is -1.10. The van der Waals surface area contributed by atoms with E-state index in [1.54, 1.807) is 6.92 Å². The molecule has 0 radical (unpaired) electrons. The lowest BCUT2D eigenvalue weighted by Gasteiger charge is -2.28. The fraction of sp³-hybridized carbons (Fsp3) is 0.800. The molecule has 0 spiro atoms. The number of rotatable bonds is 7. The van der Waals surface area contributed by atoms with Gasteiger partial charge in [0.25, 0.3) is 0 Å². The van der Waals surface area contributed by atoms with E-state index in [0.717, 1.165) is 0 Å². The van der Waals surface area contributed by atoms with Crippen LogP contribution in [0.25, 0.3) is 0 Å². The molecule has 0 aromatic heterocycles. The minimum atomic E-state index is -0.976. The van der Waals surface area contributed by atoms with Gasteiger partial charge in [-0.1, -0.05) is 20.8 Å². The van der Waals surface area contributed by atoms with Crippen LogP contribution in [0.5, 0.6) is 0 Å². The predicted molar refractivity (Wildman–Crippen MR) is 54.3 cm³/mol. The lowest BCUT2D eigenvalue weighted by molar-refractivity contribution is -0.173. The first-order valence-corrected chi connectivity index (χ1v) is 5.09. The topological polar surface area (TPSA) is 77.8 Å². The number of carboxylic acids is 1. The zero-order valence-corrected chi connectivity index (χ0v) is 9.38. The molecule has 0 saturated heterocycles. The fourth-order valence-electron chi connectivity index (χ4n) is 1.66. The summed E-state index contributed by atoms with van der Waals surface area (Å²) in [7, 11) is 0. The number of carbonyl (C=O) groups excluding carboxylic acids is 1. The van der Waals surface area contributed by atoms with Gasteiger partial charge in [-0.05, 0) is 18.8 Å². The third kappa shape index (κ3) is 4.29. The summed E-state index contributed by atoms with van der Waals surface area (Å²) < 4.78 is 0. The number of nitrogens with zero attached hydrogens (tertiary/aromatic N) is 1. The van der Waals surface area contributed by atoms with Crippen LogP contribution in [-0.2, 0) is 9.59 Å². The van der Waals surface area contributed by atoms with Crippen molar-refractivity contribution in [2.24, 2.45) is 11.8 Å². The summed E-state index contributed by atoms with van der Waals surface area (Å²) in [5.41, 5.74) is 0. The lowest BCUT2D eigenvalue weighted by Crippen LogP contribution is -2.41. The van der Waals surface area contributed by atoms with Crippen molar-refractivity contribution in [1.29, 1.82) is 0 Å². The van der Waals surface area contributed by atoms with Crippen LogP contribution in [0, 0.1) is 11.8 Å². The molecular weight excluding hydrogens is 198 g/mol. The summed E-state index contributed by atoms with van der Waals surface area (Å²) in [5.74, 6) is -1.48. The number of carbonyl (C=O) groups is 2. The summed E-state index contributed by atoms with van der Waals surface area (Å²) in [6.45, 7) is 5.56. The third-order valence-electron chi connectivity index (χ3n) is 2.37. The summed E-state index contributed by atoms with van der Waals surface area (Å²) in [6, 6.07) is -0.651. The van der Waals surface area contributed by atoms with Gasteiger partial charge in [0, 0.05) is 0 Å². The van der Waals surface area contributed by atoms with Gasteiger partial charge in [0.15, 0.2) is 0 Å². The Kier molecular flexibility index (Phi) is 5.93. The largest absolute Gasteiger partial charge is 0.481 e. The maximum absolute atomic E-state index is 11.0. The van der Waals surface area contributed by atoms with Crippen molar-refractivity contribution >= 4 is 12.4 Å². The van der Waals surface area contributed by atoms with E-state index in [-0.39, 0.29) is 12.3 Å². The van der Waals surface area contributed by atoms with Gasteiger partial charge in [0.05, 0.1) is 12.0 Å². The monoisotopic (exact) mass is 217 g/mol. The summed E-state index contributed by atoms with van der Waals surface area (Å²) >= 11 is 0. The van der Waals surface area contributed by atoms with Gasteiger partial charge in [-0.3, -0.25) is 14.8 Å². The molecule has 0 rings (SSSR count). The minimum absolute atomic E-state index is 0.209. The molecule has 1 unspecified atom stereocenters. The molecular formula is C10H19NO4. The number of aliphatic carboxylic acids is 1. The Morgan fingerprint density at radius 1 is 1.47 bits per heavy atom. The van der Waals surface area contributed by atoms with Crippen LogP contribution in [0.2, 0.25) is 0 Å². The van der Waals surface area contributed by atoms with Gasteiger partial charge in [-0.15, -0.1) is 0 Å². The van der Waals surface area contributed by atoms with Crippen molar-refractivity contribution < 1.29 is 19.9 Å². The molecule has 2 atom stereocenters. The first kappa shape index (κ1) is 13.9. The normalized spacial score (nSPS) is 14.7. The molecule has 0 aromatic rings. The van der Waals surface area contributed by atoms with Crippen LogP contribution >= 0.6 is 0 Å². The molecule has 0 saturated carbocycles. The molecule has 0 aliphatic heterocycles. The average Bonchev–Trinajstić information content (AvgIpc) is 2.16. The predicted octanol–water partition coefficient (Wildman–Crippen LogP) is 1.36. The lowest BCUT2D eigenvalue weighted by atomic mass is 9.89. The first-order chi connectivity index (χ1) is 6.93. The molecule has 0 aliphatic carbocycles. The smallest absolute Gasteiger partial charge is 0.308 e. The molecule has 88 valence electrons.